The number of carbonyl (C=O) groups is 3. The van der Waals surface area contributed by atoms with Gasteiger partial charge in [0.1, 0.15) is 0 Å². The van der Waals surface area contributed by atoms with Gasteiger partial charge in [-0.15, -0.1) is 22.7 Å². The van der Waals surface area contributed by atoms with Gasteiger partial charge in [0.25, 0.3) is 0 Å². The van der Waals surface area contributed by atoms with Gasteiger partial charge in [-0.1, -0.05) is 0 Å². The normalized spacial score (nSPS) is 16.5. The zero-order valence-electron chi connectivity index (χ0n) is 17.5. The fourth-order valence-electron chi connectivity index (χ4n) is 3.25. The fraction of sp³-hybridized carbons (Fsp3) is 0.381. The molecule has 158 valence electrons. The van der Waals surface area contributed by atoms with Crippen molar-refractivity contribution in [1.82, 2.24) is 9.97 Å². The third kappa shape index (κ3) is 4.73. The number of thiazole rings is 2. The molecule has 9 heteroatoms. The molecule has 7 nitrogen and oxygen atoms in total. The standard InChI is InChI=1S/C21H24N4O3S2/c1-5-24(13(3)26)20-22-17(11-29-20)9-15-7-8-16(19(15)28)10-18-12-30-21(23-18)25(6-2)14(4)27/h9-12H,5-8H2,1-4H3/b15-9+,16-10+. The van der Waals surface area contributed by atoms with Gasteiger partial charge in [-0.05, 0) is 38.8 Å². The molecule has 3 rings (SSSR count). The second-order valence-corrected chi connectivity index (χ2v) is 8.48. The number of carbonyl (C=O) groups excluding carboxylic acids is 3. The summed E-state index contributed by atoms with van der Waals surface area (Å²) in [6.07, 6.45) is 4.90. The van der Waals surface area contributed by atoms with Crippen molar-refractivity contribution in [3.8, 4) is 0 Å². The Morgan fingerprint density at radius 2 is 1.30 bits per heavy atom. The summed E-state index contributed by atoms with van der Waals surface area (Å²) in [6.45, 7) is 7.94. The molecule has 1 fully saturated rings. The highest BCUT2D eigenvalue weighted by Gasteiger charge is 2.24. The van der Waals surface area contributed by atoms with Gasteiger partial charge in [0.05, 0.1) is 11.4 Å². The Balaban J connectivity index is 1.76. The highest BCUT2D eigenvalue weighted by Crippen LogP contribution is 2.31. The number of nitrogens with zero attached hydrogens (tertiary/aromatic N) is 4. The molecular weight excluding hydrogens is 420 g/mol. The number of allylic oxidation sites excluding steroid dienone is 2. The van der Waals surface area contributed by atoms with E-state index >= 15 is 0 Å². The van der Waals surface area contributed by atoms with Crippen molar-refractivity contribution >= 4 is 62.7 Å². The third-order valence-corrected chi connectivity index (χ3v) is 6.53. The van der Waals surface area contributed by atoms with Gasteiger partial charge in [0.15, 0.2) is 16.0 Å². The lowest BCUT2D eigenvalue weighted by atomic mass is 10.1. The number of aromatic nitrogens is 2. The van der Waals surface area contributed by atoms with Crippen LogP contribution in [0.5, 0.6) is 0 Å². The summed E-state index contributed by atoms with van der Waals surface area (Å²) in [5.74, 6) is -0.110. The van der Waals surface area contributed by atoms with Crippen LogP contribution < -0.4 is 9.80 Å². The maximum absolute atomic E-state index is 12.8. The van der Waals surface area contributed by atoms with E-state index in [1.165, 1.54) is 36.5 Å². The van der Waals surface area contributed by atoms with Crippen LogP contribution >= 0.6 is 22.7 Å². The van der Waals surface area contributed by atoms with Crippen molar-refractivity contribution in [1.29, 1.82) is 0 Å². The lowest BCUT2D eigenvalue weighted by molar-refractivity contribution is -0.117. The summed E-state index contributed by atoms with van der Waals surface area (Å²) in [4.78, 5) is 48.4. The number of amides is 2. The van der Waals surface area contributed by atoms with Gasteiger partial charge < -0.3 is 0 Å². The summed E-state index contributed by atoms with van der Waals surface area (Å²) >= 11 is 2.78. The van der Waals surface area contributed by atoms with E-state index in [4.69, 9.17) is 0 Å². The van der Waals surface area contributed by atoms with E-state index in [0.29, 0.717) is 58.7 Å². The first-order valence-corrected chi connectivity index (χ1v) is 11.5. The Morgan fingerprint density at radius 1 is 0.900 bits per heavy atom. The molecular formula is C21H24N4O3S2. The van der Waals surface area contributed by atoms with Crippen LogP contribution in [0.1, 0.15) is 51.9 Å². The van der Waals surface area contributed by atoms with Crippen LogP contribution in [0.25, 0.3) is 12.2 Å². The predicted molar refractivity (Wildman–Crippen MR) is 122 cm³/mol. The van der Waals surface area contributed by atoms with E-state index in [1.807, 2.05) is 24.6 Å². The van der Waals surface area contributed by atoms with E-state index < -0.39 is 0 Å². The molecule has 30 heavy (non-hydrogen) atoms. The van der Waals surface area contributed by atoms with E-state index in [-0.39, 0.29) is 17.6 Å². The first-order valence-electron chi connectivity index (χ1n) is 9.77. The van der Waals surface area contributed by atoms with Crippen LogP contribution in [0.4, 0.5) is 10.3 Å². The minimum atomic E-state index is -0.0535. The van der Waals surface area contributed by atoms with Gasteiger partial charge >= 0.3 is 0 Å². The van der Waals surface area contributed by atoms with Crippen molar-refractivity contribution in [3.05, 3.63) is 33.3 Å². The van der Waals surface area contributed by atoms with Gasteiger partial charge in [0, 0.05) is 48.8 Å². The summed E-state index contributed by atoms with van der Waals surface area (Å²) in [5, 5.41) is 4.99. The molecule has 0 aromatic carbocycles. The van der Waals surface area contributed by atoms with Gasteiger partial charge in [-0.3, -0.25) is 24.2 Å². The van der Waals surface area contributed by atoms with Crippen LogP contribution in [0.2, 0.25) is 0 Å². The molecule has 1 saturated carbocycles. The van der Waals surface area contributed by atoms with Crippen LogP contribution in [-0.2, 0) is 14.4 Å². The monoisotopic (exact) mass is 444 g/mol. The van der Waals surface area contributed by atoms with Crippen LogP contribution in [0.15, 0.2) is 21.9 Å². The van der Waals surface area contributed by atoms with Crippen molar-refractivity contribution in [2.24, 2.45) is 0 Å². The topological polar surface area (TPSA) is 83.5 Å². The molecule has 0 bridgehead atoms. The Morgan fingerprint density at radius 3 is 1.63 bits per heavy atom. The number of Topliss-reactive ketones (excluding diaryl/α,β-unsaturated/α-hetero) is 1. The molecule has 1 aliphatic carbocycles. The quantitative estimate of drug-likeness (QED) is 0.624. The molecule has 0 unspecified atom stereocenters. The minimum Gasteiger partial charge on any atom is -0.289 e. The molecule has 0 spiro atoms. The lowest BCUT2D eigenvalue weighted by Gasteiger charge is -2.14. The number of rotatable bonds is 6. The fourth-order valence-corrected chi connectivity index (χ4v) is 5.03. The number of ketones is 1. The SMILES string of the molecule is CCN(C(C)=O)c1nc(/C=C2\CC/C(=C\c3csc(N(CC)C(C)=O)n3)C2=O)cs1. The lowest BCUT2D eigenvalue weighted by Crippen LogP contribution is -2.27. The van der Waals surface area contributed by atoms with Crippen molar-refractivity contribution < 1.29 is 14.4 Å². The number of anilines is 2. The van der Waals surface area contributed by atoms with Gasteiger partial charge in [0.2, 0.25) is 11.8 Å². The molecule has 0 saturated heterocycles. The summed E-state index contributed by atoms with van der Waals surface area (Å²) < 4.78 is 0. The molecule has 2 aromatic rings. The number of hydrogen-bond acceptors (Lipinski definition) is 7. The molecule has 2 amide bonds. The van der Waals surface area contributed by atoms with Crippen LogP contribution in [0.3, 0.4) is 0 Å². The first kappa shape index (κ1) is 22.0. The average Bonchev–Trinajstić information content (AvgIpc) is 3.41. The van der Waals surface area contributed by atoms with Crippen LogP contribution in [-0.4, -0.2) is 40.7 Å². The summed E-state index contributed by atoms with van der Waals surface area (Å²) in [7, 11) is 0. The minimum absolute atomic E-state index is 0.00284. The van der Waals surface area contributed by atoms with Gasteiger partial charge in [-0.2, -0.15) is 0 Å². The number of hydrogen-bond donors (Lipinski definition) is 0. The smallest absolute Gasteiger partial charge is 0.225 e. The largest absolute Gasteiger partial charge is 0.289 e. The molecule has 0 N–H and O–H groups in total. The molecule has 0 aliphatic heterocycles. The maximum atomic E-state index is 12.8. The summed E-state index contributed by atoms with van der Waals surface area (Å²) in [6, 6.07) is 0. The van der Waals surface area contributed by atoms with Crippen molar-refractivity contribution in [3.63, 3.8) is 0 Å². The Kier molecular flexibility index (Phi) is 6.94. The summed E-state index contributed by atoms with van der Waals surface area (Å²) in [5.41, 5.74) is 2.79. The Hall–Kier alpha value is -2.65. The Labute approximate surface area is 183 Å². The molecule has 0 atom stereocenters. The van der Waals surface area contributed by atoms with E-state index in [1.54, 1.807) is 22.0 Å². The van der Waals surface area contributed by atoms with Gasteiger partial charge in [-0.25, -0.2) is 9.97 Å². The zero-order chi connectivity index (χ0) is 21.8. The molecule has 0 radical (unpaired) electrons. The zero-order valence-corrected chi connectivity index (χ0v) is 19.1. The van der Waals surface area contributed by atoms with E-state index in [2.05, 4.69) is 9.97 Å². The molecule has 2 heterocycles. The van der Waals surface area contributed by atoms with Crippen molar-refractivity contribution in [2.45, 2.75) is 40.5 Å². The second kappa shape index (κ2) is 9.44. The van der Waals surface area contributed by atoms with Crippen LogP contribution in [0, 0.1) is 0 Å². The highest BCUT2D eigenvalue weighted by atomic mass is 32.1. The van der Waals surface area contributed by atoms with E-state index in [9.17, 15) is 14.4 Å². The molecule has 1 aliphatic rings. The maximum Gasteiger partial charge on any atom is 0.225 e. The highest BCUT2D eigenvalue weighted by molar-refractivity contribution is 7.14. The average molecular weight is 445 g/mol. The first-order chi connectivity index (χ1) is 14.3. The second-order valence-electron chi connectivity index (χ2n) is 6.80. The predicted octanol–water partition coefficient (Wildman–Crippen LogP) is 4.18. The van der Waals surface area contributed by atoms with E-state index in [0.717, 1.165) is 0 Å². The Bertz CT molecular complexity index is 954. The van der Waals surface area contributed by atoms with Crippen molar-refractivity contribution in [2.75, 3.05) is 22.9 Å². The third-order valence-electron chi connectivity index (χ3n) is 4.77. The molecule has 2 aromatic heterocycles.